The predicted octanol–water partition coefficient (Wildman–Crippen LogP) is 3.95. The molecule has 0 spiro atoms. The number of aromatic carboxylic acids is 1. The van der Waals surface area contributed by atoms with Gasteiger partial charge in [0.15, 0.2) is 0 Å². The lowest BCUT2D eigenvalue weighted by Crippen LogP contribution is -2.14. The molecule has 2 aromatic rings. The van der Waals surface area contributed by atoms with Crippen molar-refractivity contribution in [3.05, 3.63) is 64.2 Å². The summed E-state index contributed by atoms with van der Waals surface area (Å²) in [6.07, 6.45) is 1.33. The van der Waals surface area contributed by atoms with Crippen LogP contribution in [0, 0.1) is 25.2 Å². The third-order valence-corrected chi connectivity index (χ3v) is 3.85. The Morgan fingerprint density at radius 2 is 1.96 bits per heavy atom. The number of ether oxygens (including phenoxy) is 1. The average Bonchev–Trinajstić information content (AvgIpc) is 2.63. The number of hydrogen-bond acceptors (Lipinski definition) is 4. The van der Waals surface area contributed by atoms with Crippen molar-refractivity contribution in [1.82, 2.24) is 0 Å². The van der Waals surface area contributed by atoms with Crippen LogP contribution in [0.2, 0.25) is 0 Å². The lowest BCUT2D eigenvalue weighted by atomic mass is 10.1. The maximum atomic E-state index is 12.5. The minimum atomic E-state index is -1.11. The second-order valence-electron chi connectivity index (χ2n) is 5.93. The molecule has 6 heteroatoms. The minimum absolute atomic E-state index is 0.0387. The van der Waals surface area contributed by atoms with Crippen molar-refractivity contribution < 1.29 is 19.4 Å². The molecule has 2 rings (SSSR count). The third-order valence-electron chi connectivity index (χ3n) is 3.85. The second-order valence-corrected chi connectivity index (χ2v) is 5.93. The SMILES string of the molecule is CCOc1ccc(C(=O)O)cc1/C=C(\C#N)C(=O)Nc1ccc(C)cc1C. The van der Waals surface area contributed by atoms with E-state index < -0.39 is 11.9 Å². The van der Waals surface area contributed by atoms with E-state index in [-0.39, 0.29) is 11.1 Å². The van der Waals surface area contributed by atoms with Gasteiger partial charge in [0.2, 0.25) is 0 Å². The molecule has 0 saturated carbocycles. The van der Waals surface area contributed by atoms with Crippen LogP contribution >= 0.6 is 0 Å². The fourth-order valence-electron chi connectivity index (χ4n) is 2.53. The van der Waals surface area contributed by atoms with Crippen molar-refractivity contribution in [2.45, 2.75) is 20.8 Å². The van der Waals surface area contributed by atoms with Crippen LogP contribution in [0.3, 0.4) is 0 Å². The highest BCUT2D eigenvalue weighted by molar-refractivity contribution is 6.10. The quantitative estimate of drug-likeness (QED) is 0.597. The Hall–Kier alpha value is -3.59. The second kappa shape index (κ2) is 8.68. The smallest absolute Gasteiger partial charge is 0.335 e. The molecule has 0 bridgehead atoms. The Morgan fingerprint density at radius 3 is 2.56 bits per heavy atom. The molecule has 0 saturated heterocycles. The van der Waals surface area contributed by atoms with Crippen LogP contribution in [-0.4, -0.2) is 23.6 Å². The number of aryl methyl sites for hydroxylation is 2. The molecule has 0 aromatic heterocycles. The largest absolute Gasteiger partial charge is 0.493 e. The van der Waals surface area contributed by atoms with E-state index >= 15 is 0 Å². The molecular formula is C21H20N2O4. The number of hydrogen-bond donors (Lipinski definition) is 2. The summed E-state index contributed by atoms with van der Waals surface area (Å²) in [5.41, 5.74) is 2.78. The van der Waals surface area contributed by atoms with E-state index in [1.165, 1.54) is 24.3 Å². The van der Waals surface area contributed by atoms with Crippen molar-refractivity contribution in [2.24, 2.45) is 0 Å². The minimum Gasteiger partial charge on any atom is -0.493 e. The van der Waals surface area contributed by atoms with Crippen molar-refractivity contribution >= 4 is 23.6 Å². The fourth-order valence-corrected chi connectivity index (χ4v) is 2.53. The van der Waals surface area contributed by atoms with Crippen LogP contribution in [0.1, 0.15) is 34.0 Å². The number of nitriles is 1. The van der Waals surface area contributed by atoms with E-state index in [4.69, 9.17) is 4.74 Å². The lowest BCUT2D eigenvalue weighted by molar-refractivity contribution is -0.112. The van der Waals surface area contributed by atoms with Gasteiger partial charge >= 0.3 is 5.97 Å². The molecule has 0 aliphatic rings. The van der Waals surface area contributed by atoms with Gasteiger partial charge < -0.3 is 15.2 Å². The molecule has 0 atom stereocenters. The number of carbonyl (C=O) groups excluding carboxylic acids is 1. The summed E-state index contributed by atoms with van der Waals surface area (Å²) < 4.78 is 5.47. The van der Waals surface area contributed by atoms with Crippen LogP contribution < -0.4 is 10.1 Å². The standard InChI is InChI=1S/C21H20N2O4/c1-4-27-19-8-6-15(21(25)26)10-16(19)11-17(12-22)20(24)23-18-7-5-13(2)9-14(18)3/h5-11H,4H2,1-3H3,(H,23,24)(H,25,26)/b17-11+. The topological polar surface area (TPSA) is 99.4 Å². The van der Waals surface area contributed by atoms with Crippen molar-refractivity contribution in [1.29, 1.82) is 5.26 Å². The lowest BCUT2D eigenvalue weighted by Gasteiger charge is -2.10. The van der Waals surface area contributed by atoms with Gasteiger partial charge in [0.1, 0.15) is 17.4 Å². The van der Waals surface area contributed by atoms with Crippen LogP contribution in [0.5, 0.6) is 5.75 Å². The van der Waals surface area contributed by atoms with E-state index in [1.54, 1.807) is 13.0 Å². The van der Waals surface area contributed by atoms with E-state index in [0.717, 1.165) is 11.1 Å². The van der Waals surface area contributed by atoms with E-state index in [0.29, 0.717) is 23.6 Å². The first-order valence-corrected chi connectivity index (χ1v) is 8.36. The number of rotatable bonds is 6. The van der Waals surface area contributed by atoms with Crippen LogP contribution in [0.4, 0.5) is 5.69 Å². The Kier molecular flexibility index (Phi) is 6.34. The monoisotopic (exact) mass is 364 g/mol. The van der Waals surface area contributed by atoms with Gasteiger partial charge in [-0.1, -0.05) is 17.7 Å². The fraction of sp³-hybridized carbons (Fsp3) is 0.190. The maximum absolute atomic E-state index is 12.5. The van der Waals surface area contributed by atoms with E-state index in [9.17, 15) is 20.0 Å². The molecule has 0 heterocycles. The third kappa shape index (κ3) is 4.95. The molecule has 1 amide bonds. The first-order valence-electron chi connectivity index (χ1n) is 8.36. The summed E-state index contributed by atoms with van der Waals surface area (Å²) in [5.74, 6) is -1.28. The highest BCUT2D eigenvalue weighted by Crippen LogP contribution is 2.24. The zero-order chi connectivity index (χ0) is 20.0. The highest BCUT2D eigenvalue weighted by atomic mass is 16.5. The Bertz CT molecular complexity index is 955. The number of benzene rings is 2. The number of carboxylic acids is 1. The zero-order valence-corrected chi connectivity index (χ0v) is 15.4. The van der Waals surface area contributed by atoms with Gasteiger partial charge in [0.25, 0.3) is 5.91 Å². The van der Waals surface area contributed by atoms with Gasteiger partial charge in [-0.05, 0) is 56.7 Å². The number of anilines is 1. The number of nitrogens with one attached hydrogen (secondary N) is 1. The van der Waals surface area contributed by atoms with Gasteiger partial charge in [0, 0.05) is 11.3 Å². The van der Waals surface area contributed by atoms with Crippen LogP contribution in [-0.2, 0) is 4.79 Å². The summed E-state index contributed by atoms with van der Waals surface area (Å²) in [7, 11) is 0. The molecule has 27 heavy (non-hydrogen) atoms. The summed E-state index contributed by atoms with van der Waals surface area (Å²) >= 11 is 0. The Morgan fingerprint density at radius 1 is 1.22 bits per heavy atom. The molecular weight excluding hydrogens is 344 g/mol. The zero-order valence-electron chi connectivity index (χ0n) is 15.4. The molecule has 0 aliphatic carbocycles. The van der Waals surface area contributed by atoms with Crippen molar-refractivity contribution in [3.8, 4) is 11.8 Å². The van der Waals surface area contributed by atoms with Crippen molar-refractivity contribution in [2.75, 3.05) is 11.9 Å². The molecule has 0 unspecified atom stereocenters. The predicted molar refractivity (Wildman–Crippen MR) is 103 cm³/mol. The maximum Gasteiger partial charge on any atom is 0.335 e. The van der Waals surface area contributed by atoms with Crippen LogP contribution in [0.15, 0.2) is 42.0 Å². The number of amides is 1. The molecule has 6 nitrogen and oxygen atoms in total. The van der Waals surface area contributed by atoms with E-state index in [1.807, 2.05) is 32.0 Å². The molecule has 0 radical (unpaired) electrons. The molecule has 0 fully saturated rings. The average molecular weight is 364 g/mol. The highest BCUT2D eigenvalue weighted by Gasteiger charge is 2.14. The van der Waals surface area contributed by atoms with Gasteiger partial charge in [0.05, 0.1) is 12.2 Å². The Labute approximate surface area is 157 Å². The van der Waals surface area contributed by atoms with Crippen LogP contribution in [0.25, 0.3) is 6.08 Å². The normalized spacial score (nSPS) is 10.8. The molecule has 0 aliphatic heterocycles. The van der Waals surface area contributed by atoms with Crippen molar-refractivity contribution in [3.63, 3.8) is 0 Å². The molecule has 2 aromatic carbocycles. The van der Waals surface area contributed by atoms with Gasteiger partial charge in [-0.2, -0.15) is 5.26 Å². The molecule has 2 N–H and O–H groups in total. The summed E-state index contributed by atoms with van der Waals surface area (Å²) in [6.45, 7) is 5.96. The van der Waals surface area contributed by atoms with Gasteiger partial charge in [-0.3, -0.25) is 4.79 Å². The summed E-state index contributed by atoms with van der Waals surface area (Å²) in [6, 6.07) is 11.7. The van der Waals surface area contributed by atoms with Gasteiger partial charge in [-0.25, -0.2) is 4.79 Å². The summed E-state index contributed by atoms with van der Waals surface area (Å²) in [4.78, 5) is 23.7. The van der Waals surface area contributed by atoms with Gasteiger partial charge in [-0.15, -0.1) is 0 Å². The summed E-state index contributed by atoms with van der Waals surface area (Å²) in [5, 5.41) is 21.3. The number of carboxylic acid groups (broad SMARTS) is 1. The van der Waals surface area contributed by atoms with E-state index in [2.05, 4.69) is 5.32 Å². The first-order chi connectivity index (χ1) is 12.8. The molecule has 138 valence electrons. The number of carbonyl (C=O) groups is 2. The Balaban J connectivity index is 2.39. The number of nitrogens with zero attached hydrogens (tertiary/aromatic N) is 1. The first kappa shape index (κ1) is 19.7.